The highest BCUT2D eigenvalue weighted by molar-refractivity contribution is 5.87. The van der Waals surface area contributed by atoms with Crippen LogP contribution >= 0.6 is 0 Å². The van der Waals surface area contributed by atoms with Gasteiger partial charge in [-0.2, -0.15) is 0 Å². The number of piperidine rings is 1. The smallest absolute Gasteiger partial charge is 0.326 e. The van der Waals surface area contributed by atoms with Crippen molar-refractivity contribution in [3.8, 4) is 0 Å². The van der Waals surface area contributed by atoms with Crippen LogP contribution in [0.5, 0.6) is 0 Å². The molecule has 1 aliphatic rings. The third kappa shape index (κ3) is 4.99. The van der Waals surface area contributed by atoms with Crippen LogP contribution in [0.2, 0.25) is 0 Å². The number of amides is 1. The highest BCUT2D eigenvalue weighted by Crippen LogP contribution is 2.21. The quantitative estimate of drug-likeness (QED) is 0.786. The molecule has 1 saturated heterocycles. The van der Waals surface area contributed by atoms with Crippen LogP contribution in [0.3, 0.4) is 0 Å². The summed E-state index contributed by atoms with van der Waals surface area (Å²) in [6, 6.07) is -1.06. The van der Waals surface area contributed by atoms with Gasteiger partial charge in [-0.3, -0.25) is 9.69 Å². The maximum absolute atomic E-state index is 12.6. The Labute approximate surface area is 128 Å². The van der Waals surface area contributed by atoms with Crippen molar-refractivity contribution in [2.24, 2.45) is 17.8 Å². The highest BCUT2D eigenvalue weighted by atomic mass is 16.4. The lowest BCUT2D eigenvalue weighted by atomic mass is 9.93. The third-order valence-electron chi connectivity index (χ3n) is 4.34. The minimum atomic E-state index is -0.965. The minimum absolute atomic E-state index is 0.124. The van der Waals surface area contributed by atoms with Gasteiger partial charge in [0.2, 0.25) is 5.91 Å². The molecule has 5 nitrogen and oxygen atoms in total. The Bertz CT molecular complexity index is 361. The van der Waals surface area contributed by atoms with E-state index >= 15 is 0 Å². The number of nitrogens with zero attached hydrogens (tertiary/aromatic N) is 1. The molecule has 0 aromatic heterocycles. The van der Waals surface area contributed by atoms with Gasteiger partial charge in [0.25, 0.3) is 0 Å². The van der Waals surface area contributed by atoms with Gasteiger partial charge in [-0.15, -0.1) is 0 Å². The van der Waals surface area contributed by atoms with Crippen LogP contribution in [0.25, 0.3) is 0 Å². The van der Waals surface area contributed by atoms with E-state index in [1.807, 2.05) is 27.7 Å². The molecule has 122 valence electrons. The first-order chi connectivity index (χ1) is 9.73. The lowest BCUT2D eigenvalue weighted by Gasteiger charge is -2.38. The molecule has 1 aliphatic heterocycles. The van der Waals surface area contributed by atoms with E-state index < -0.39 is 12.0 Å². The van der Waals surface area contributed by atoms with E-state index in [0.717, 1.165) is 25.9 Å². The van der Waals surface area contributed by atoms with Crippen molar-refractivity contribution < 1.29 is 14.7 Å². The molecule has 5 heteroatoms. The summed E-state index contributed by atoms with van der Waals surface area (Å²) in [5.74, 6) is -0.367. The summed E-state index contributed by atoms with van der Waals surface area (Å²) in [5, 5.41) is 12.0. The number of carboxylic acids is 1. The van der Waals surface area contributed by atoms with Crippen LogP contribution in [0.15, 0.2) is 0 Å². The molecule has 1 fully saturated rings. The first-order valence-electron chi connectivity index (χ1n) is 8.01. The van der Waals surface area contributed by atoms with Crippen LogP contribution in [-0.2, 0) is 9.59 Å². The second-order valence-electron chi connectivity index (χ2n) is 6.98. The summed E-state index contributed by atoms with van der Waals surface area (Å²) in [6.45, 7) is 11.7. The first kappa shape index (κ1) is 18.0. The van der Waals surface area contributed by atoms with Crippen LogP contribution < -0.4 is 5.32 Å². The predicted octanol–water partition coefficient (Wildman–Crippen LogP) is 1.97. The SMILES string of the molecule is CC1CCN(C(C(=O)NC(C(=O)O)C(C)C)C(C)C)CC1. The Balaban J connectivity index is 2.76. The van der Waals surface area contributed by atoms with Gasteiger partial charge in [0.15, 0.2) is 0 Å². The number of hydrogen-bond acceptors (Lipinski definition) is 3. The van der Waals surface area contributed by atoms with Gasteiger partial charge in [0.05, 0.1) is 6.04 Å². The molecule has 0 spiro atoms. The number of carbonyl (C=O) groups is 2. The van der Waals surface area contributed by atoms with Crippen molar-refractivity contribution in [2.45, 2.75) is 59.5 Å². The van der Waals surface area contributed by atoms with Crippen molar-refractivity contribution >= 4 is 11.9 Å². The molecule has 0 aromatic carbocycles. The standard InChI is InChI=1S/C16H30N2O3/c1-10(2)13(16(20)21)17-15(19)14(11(3)4)18-8-6-12(5)7-9-18/h10-14H,6-9H2,1-5H3,(H,17,19)(H,20,21). The van der Waals surface area contributed by atoms with Gasteiger partial charge >= 0.3 is 5.97 Å². The van der Waals surface area contributed by atoms with Crippen LogP contribution in [0.1, 0.15) is 47.5 Å². The van der Waals surface area contributed by atoms with E-state index in [2.05, 4.69) is 17.1 Å². The van der Waals surface area contributed by atoms with Crippen LogP contribution in [0, 0.1) is 17.8 Å². The normalized spacial score (nSPS) is 20.5. The number of aliphatic carboxylic acids is 1. The first-order valence-corrected chi connectivity index (χ1v) is 8.01. The van der Waals surface area contributed by atoms with Crippen molar-refractivity contribution in [1.82, 2.24) is 10.2 Å². The second-order valence-corrected chi connectivity index (χ2v) is 6.98. The molecule has 1 heterocycles. The molecular weight excluding hydrogens is 268 g/mol. The average molecular weight is 298 g/mol. The number of rotatable bonds is 6. The fourth-order valence-electron chi connectivity index (χ4n) is 2.95. The zero-order valence-electron chi connectivity index (χ0n) is 13.9. The molecule has 2 atom stereocenters. The third-order valence-corrected chi connectivity index (χ3v) is 4.34. The fraction of sp³-hybridized carbons (Fsp3) is 0.875. The monoisotopic (exact) mass is 298 g/mol. The largest absolute Gasteiger partial charge is 0.480 e. The van der Waals surface area contributed by atoms with Crippen molar-refractivity contribution in [3.05, 3.63) is 0 Å². The minimum Gasteiger partial charge on any atom is -0.480 e. The Hall–Kier alpha value is -1.10. The summed E-state index contributed by atoms with van der Waals surface area (Å²) in [4.78, 5) is 26.0. The molecule has 2 unspecified atom stereocenters. The summed E-state index contributed by atoms with van der Waals surface area (Å²) in [5.41, 5.74) is 0. The number of carbonyl (C=O) groups excluding carboxylic acids is 1. The van der Waals surface area contributed by atoms with Crippen molar-refractivity contribution in [2.75, 3.05) is 13.1 Å². The van der Waals surface area contributed by atoms with Crippen LogP contribution in [0.4, 0.5) is 0 Å². The Morgan fingerprint density at radius 3 is 2.00 bits per heavy atom. The molecule has 0 aromatic rings. The zero-order chi connectivity index (χ0) is 16.2. The van der Waals surface area contributed by atoms with Gasteiger partial charge in [0, 0.05) is 0 Å². The van der Waals surface area contributed by atoms with Crippen LogP contribution in [-0.4, -0.2) is 47.1 Å². The molecule has 0 aliphatic carbocycles. The zero-order valence-corrected chi connectivity index (χ0v) is 13.9. The predicted molar refractivity (Wildman–Crippen MR) is 83.0 cm³/mol. The number of hydrogen-bond donors (Lipinski definition) is 2. The van der Waals surface area contributed by atoms with Gasteiger partial charge in [0.1, 0.15) is 6.04 Å². The lowest BCUT2D eigenvalue weighted by molar-refractivity contribution is -0.144. The van der Waals surface area contributed by atoms with E-state index in [1.165, 1.54) is 0 Å². The maximum atomic E-state index is 12.6. The average Bonchev–Trinajstić information content (AvgIpc) is 2.37. The Morgan fingerprint density at radius 2 is 1.62 bits per heavy atom. The van der Waals surface area contributed by atoms with Gasteiger partial charge < -0.3 is 10.4 Å². The molecule has 0 bridgehead atoms. The summed E-state index contributed by atoms with van der Waals surface area (Å²) >= 11 is 0. The molecule has 21 heavy (non-hydrogen) atoms. The van der Waals surface area contributed by atoms with Crippen molar-refractivity contribution in [1.29, 1.82) is 0 Å². The Morgan fingerprint density at radius 1 is 1.10 bits per heavy atom. The summed E-state index contributed by atoms with van der Waals surface area (Å²) < 4.78 is 0. The molecule has 2 N–H and O–H groups in total. The van der Waals surface area contributed by atoms with Gasteiger partial charge in [-0.25, -0.2) is 4.79 Å². The maximum Gasteiger partial charge on any atom is 0.326 e. The van der Waals surface area contributed by atoms with Crippen molar-refractivity contribution in [3.63, 3.8) is 0 Å². The van der Waals surface area contributed by atoms with E-state index in [0.29, 0.717) is 5.92 Å². The highest BCUT2D eigenvalue weighted by Gasteiger charge is 2.34. The summed E-state index contributed by atoms with van der Waals surface area (Å²) in [7, 11) is 0. The van der Waals surface area contributed by atoms with E-state index in [9.17, 15) is 14.7 Å². The molecule has 1 rings (SSSR count). The number of carboxylic acid groups (broad SMARTS) is 1. The van der Waals surface area contributed by atoms with E-state index in [4.69, 9.17) is 0 Å². The lowest BCUT2D eigenvalue weighted by Crippen LogP contribution is -2.56. The van der Waals surface area contributed by atoms with Gasteiger partial charge in [-0.1, -0.05) is 34.6 Å². The molecule has 0 radical (unpaired) electrons. The molecule has 1 amide bonds. The molecule has 0 saturated carbocycles. The van der Waals surface area contributed by atoms with Gasteiger partial charge in [-0.05, 0) is 43.7 Å². The Kier molecular flexibility index (Phi) is 6.65. The summed E-state index contributed by atoms with van der Waals surface area (Å²) in [6.07, 6.45) is 2.20. The number of nitrogens with one attached hydrogen (secondary N) is 1. The number of likely N-dealkylation sites (tertiary alicyclic amines) is 1. The van der Waals surface area contributed by atoms with E-state index in [-0.39, 0.29) is 23.8 Å². The second kappa shape index (κ2) is 7.78. The van der Waals surface area contributed by atoms with E-state index in [1.54, 1.807) is 0 Å². The fourth-order valence-corrected chi connectivity index (χ4v) is 2.95. The molecular formula is C16H30N2O3. The topological polar surface area (TPSA) is 69.6 Å².